The number of halogens is 1. The Balaban J connectivity index is 2.01. The van der Waals surface area contributed by atoms with Gasteiger partial charge in [-0.05, 0) is 74.0 Å². The SMILES string of the molecule is CC(C)(C)OC(=O)N1CCCN(c2ccc(I)cc2)C1. The number of nitrogens with zero attached hydrogens (tertiary/aromatic N) is 2. The van der Waals surface area contributed by atoms with Crippen molar-refractivity contribution in [3.8, 4) is 0 Å². The molecule has 0 radical (unpaired) electrons. The van der Waals surface area contributed by atoms with Crippen LogP contribution in [0.15, 0.2) is 24.3 Å². The van der Waals surface area contributed by atoms with E-state index in [4.69, 9.17) is 4.74 Å². The minimum Gasteiger partial charge on any atom is -0.444 e. The van der Waals surface area contributed by atoms with E-state index in [1.54, 1.807) is 4.90 Å². The Labute approximate surface area is 134 Å². The molecule has 2 rings (SSSR count). The molecule has 1 fully saturated rings. The molecule has 0 spiro atoms. The lowest BCUT2D eigenvalue weighted by molar-refractivity contribution is 0.0226. The Morgan fingerprint density at radius 1 is 1.20 bits per heavy atom. The zero-order valence-corrected chi connectivity index (χ0v) is 14.4. The first-order chi connectivity index (χ1) is 9.35. The maximum atomic E-state index is 12.1. The second kappa shape index (κ2) is 6.20. The Kier molecular flexibility index (Phi) is 4.78. The van der Waals surface area contributed by atoms with Gasteiger partial charge in [0.2, 0.25) is 0 Å². The highest BCUT2D eigenvalue weighted by atomic mass is 127. The molecule has 1 amide bonds. The summed E-state index contributed by atoms with van der Waals surface area (Å²) in [6, 6.07) is 8.37. The lowest BCUT2D eigenvalue weighted by Gasteiger charge is -2.37. The van der Waals surface area contributed by atoms with E-state index in [9.17, 15) is 4.79 Å². The summed E-state index contributed by atoms with van der Waals surface area (Å²) in [6.45, 7) is 8.01. The molecule has 0 atom stereocenters. The predicted octanol–water partition coefficient (Wildman–Crippen LogP) is 3.70. The van der Waals surface area contributed by atoms with Gasteiger partial charge in [-0.3, -0.25) is 4.90 Å². The fourth-order valence-electron chi connectivity index (χ4n) is 2.14. The molecule has 0 bridgehead atoms. The van der Waals surface area contributed by atoms with Crippen LogP contribution in [0.5, 0.6) is 0 Å². The van der Waals surface area contributed by atoms with Crippen molar-refractivity contribution >= 4 is 34.4 Å². The van der Waals surface area contributed by atoms with Gasteiger partial charge < -0.3 is 9.64 Å². The molecule has 1 aromatic rings. The standard InChI is InChI=1S/C15H21IN2O2/c1-15(2,3)20-14(19)18-10-4-9-17(11-18)13-7-5-12(16)6-8-13/h5-8H,4,9-11H2,1-3H3. The molecule has 1 aliphatic rings. The third kappa shape index (κ3) is 4.26. The predicted molar refractivity (Wildman–Crippen MR) is 88.9 cm³/mol. The Morgan fingerprint density at radius 3 is 2.45 bits per heavy atom. The van der Waals surface area contributed by atoms with Gasteiger partial charge in [0.15, 0.2) is 0 Å². The van der Waals surface area contributed by atoms with Gasteiger partial charge >= 0.3 is 6.09 Å². The summed E-state index contributed by atoms with van der Waals surface area (Å²) in [5, 5.41) is 0. The highest BCUT2D eigenvalue weighted by Crippen LogP contribution is 2.21. The molecule has 0 N–H and O–H groups in total. The third-order valence-electron chi connectivity index (χ3n) is 3.04. The van der Waals surface area contributed by atoms with E-state index < -0.39 is 5.60 Å². The lowest BCUT2D eigenvalue weighted by atomic mass is 10.2. The Morgan fingerprint density at radius 2 is 1.85 bits per heavy atom. The van der Waals surface area contributed by atoms with Crippen molar-refractivity contribution in [1.82, 2.24) is 4.90 Å². The average molecular weight is 388 g/mol. The summed E-state index contributed by atoms with van der Waals surface area (Å²) in [7, 11) is 0. The van der Waals surface area contributed by atoms with Crippen molar-refractivity contribution in [1.29, 1.82) is 0 Å². The second-order valence-electron chi connectivity index (χ2n) is 5.98. The first kappa shape index (κ1) is 15.4. The summed E-state index contributed by atoms with van der Waals surface area (Å²) in [5.74, 6) is 0. The summed E-state index contributed by atoms with van der Waals surface area (Å²) in [5.41, 5.74) is 0.709. The van der Waals surface area contributed by atoms with Crippen molar-refractivity contribution in [2.75, 3.05) is 24.7 Å². The van der Waals surface area contributed by atoms with Crippen molar-refractivity contribution < 1.29 is 9.53 Å². The molecule has 4 nitrogen and oxygen atoms in total. The van der Waals surface area contributed by atoms with Crippen LogP contribution in [0.3, 0.4) is 0 Å². The van der Waals surface area contributed by atoms with Gasteiger partial charge in [0.05, 0.1) is 6.67 Å². The van der Waals surface area contributed by atoms with Gasteiger partial charge in [-0.1, -0.05) is 0 Å². The van der Waals surface area contributed by atoms with Crippen LogP contribution in [-0.2, 0) is 4.74 Å². The maximum absolute atomic E-state index is 12.1. The number of benzene rings is 1. The number of anilines is 1. The minimum absolute atomic E-state index is 0.229. The van der Waals surface area contributed by atoms with Crippen LogP contribution in [-0.4, -0.2) is 36.4 Å². The van der Waals surface area contributed by atoms with Gasteiger partial charge in [-0.2, -0.15) is 0 Å². The molecule has 1 saturated heterocycles. The molecule has 5 heteroatoms. The summed E-state index contributed by atoms with van der Waals surface area (Å²) >= 11 is 2.29. The molecule has 0 aromatic heterocycles. The maximum Gasteiger partial charge on any atom is 0.411 e. The highest BCUT2D eigenvalue weighted by Gasteiger charge is 2.26. The number of amides is 1. The number of ether oxygens (including phenoxy) is 1. The topological polar surface area (TPSA) is 32.8 Å². The van der Waals surface area contributed by atoms with E-state index in [0.29, 0.717) is 6.67 Å². The molecule has 20 heavy (non-hydrogen) atoms. The summed E-state index contributed by atoms with van der Waals surface area (Å²) in [4.78, 5) is 16.1. The second-order valence-corrected chi connectivity index (χ2v) is 7.22. The molecule has 1 aliphatic heterocycles. The summed E-state index contributed by atoms with van der Waals surface area (Å²) < 4.78 is 6.65. The number of carbonyl (C=O) groups is 1. The van der Waals surface area contributed by atoms with Crippen molar-refractivity contribution in [3.63, 3.8) is 0 Å². The van der Waals surface area contributed by atoms with Crippen LogP contribution in [0.4, 0.5) is 10.5 Å². The number of hydrogen-bond donors (Lipinski definition) is 0. The smallest absolute Gasteiger partial charge is 0.411 e. The van der Waals surface area contributed by atoms with E-state index in [2.05, 4.69) is 51.8 Å². The van der Waals surface area contributed by atoms with Gasteiger partial charge in [-0.25, -0.2) is 4.79 Å². The Hall–Kier alpha value is -0.980. The van der Waals surface area contributed by atoms with Crippen LogP contribution < -0.4 is 4.90 Å². The normalized spacial score (nSPS) is 16.2. The van der Waals surface area contributed by atoms with E-state index in [0.717, 1.165) is 25.2 Å². The zero-order valence-electron chi connectivity index (χ0n) is 12.2. The zero-order chi connectivity index (χ0) is 14.8. The number of hydrogen-bond acceptors (Lipinski definition) is 3. The third-order valence-corrected chi connectivity index (χ3v) is 3.76. The van der Waals surface area contributed by atoms with Crippen LogP contribution in [0.25, 0.3) is 0 Å². The molecular weight excluding hydrogens is 367 g/mol. The first-order valence-corrected chi connectivity index (χ1v) is 7.91. The largest absolute Gasteiger partial charge is 0.444 e. The fourth-order valence-corrected chi connectivity index (χ4v) is 2.50. The van der Waals surface area contributed by atoms with Crippen molar-refractivity contribution in [3.05, 3.63) is 27.8 Å². The molecule has 0 unspecified atom stereocenters. The molecular formula is C15H21IN2O2. The number of rotatable bonds is 1. The Bertz CT molecular complexity index is 468. The van der Waals surface area contributed by atoms with Crippen LogP contribution in [0.1, 0.15) is 27.2 Å². The molecule has 1 heterocycles. The fraction of sp³-hybridized carbons (Fsp3) is 0.533. The molecule has 0 saturated carbocycles. The molecule has 110 valence electrons. The quantitative estimate of drug-likeness (QED) is 0.688. The van der Waals surface area contributed by atoms with E-state index in [1.165, 1.54) is 3.57 Å². The highest BCUT2D eigenvalue weighted by molar-refractivity contribution is 14.1. The summed E-state index contributed by atoms with van der Waals surface area (Å²) in [6.07, 6.45) is 0.735. The molecule has 0 aliphatic carbocycles. The van der Waals surface area contributed by atoms with Gasteiger partial charge in [0.1, 0.15) is 5.60 Å². The minimum atomic E-state index is -0.442. The van der Waals surface area contributed by atoms with Gasteiger partial charge in [0.25, 0.3) is 0 Å². The van der Waals surface area contributed by atoms with Crippen molar-refractivity contribution in [2.45, 2.75) is 32.8 Å². The monoisotopic (exact) mass is 388 g/mol. The lowest BCUT2D eigenvalue weighted by Crippen LogP contribution is -2.49. The van der Waals surface area contributed by atoms with E-state index in [-0.39, 0.29) is 6.09 Å². The first-order valence-electron chi connectivity index (χ1n) is 6.83. The van der Waals surface area contributed by atoms with Crippen LogP contribution in [0.2, 0.25) is 0 Å². The number of carbonyl (C=O) groups excluding carboxylic acids is 1. The average Bonchev–Trinajstić information content (AvgIpc) is 2.38. The van der Waals surface area contributed by atoms with E-state index in [1.807, 2.05) is 20.8 Å². The van der Waals surface area contributed by atoms with Gasteiger partial charge in [0, 0.05) is 22.3 Å². The van der Waals surface area contributed by atoms with Crippen molar-refractivity contribution in [2.24, 2.45) is 0 Å². The van der Waals surface area contributed by atoms with Gasteiger partial charge in [-0.15, -0.1) is 0 Å². The molecule has 1 aromatic carbocycles. The van der Waals surface area contributed by atoms with Crippen LogP contribution in [0, 0.1) is 3.57 Å². The van der Waals surface area contributed by atoms with Crippen LogP contribution >= 0.6 is 22.6 Å². The van der Waals surface area contributed by atoms with E-state index >= 15 is 0 Å².